The third-order valence-electron chi connectivity index (χ3n) is 8.30. The van der Waals surface area contributed by atoms with E-state index in [1.807, 2.05) is 4.90 Å². The summed E-state index contributed by atoms with van der Waals surface area (Å²) in [4.78, 5) is 30.4. The summed E-state index contributed by atoms with van der Waals surface area (Å²) >= 11 is 0. The fourth-order valence-electron chi connectivity index (χ4n) is 6.42. The number of hydrogen-bond acceptors (Lipinski definition) is 4. The minimum atomic E-state index is -0.205. The topological polar surface area (TPSA) is 49.9 Å². The molecule has 0 spiro atoms. The van der Waals surface area contributed by atoms with Gasteiger partial charge in [0.15, 0.2) is 0 Å². The van der Waals surface area contributed by atoms with Crippen molar-refractivity contribution in [1.82, 2.24) is 9.80 Å². The van der Waals surface area contributed by atoms with Crippen molar-refractivity contribution in [3.63, 3.8) is 0 Å². The first-order valence-electron chi connectivity index (χ1n) is 13.0. The average molecular weight is 461 g/mol. The number of benzene rings is 2. The summed E-state index contributed by atoms with van der Waals surface area (Å²) < 4.78 is 5.96. The van der Waals surface area contributed by atoms with Gasteiger partial charge in [-0.2, -0.15) is 0 Å². The number of carbonyl (C=O) groups is 2. The standard InChI is InChI=1S/C29H36N2O3/c1-3-30(4-2)16-15-28(32)20-17-21-13-14-22(18-20)31(21)29(33)34-19-27-25-11-7-5-9-23(25)24-10-6-8-12-26(24)27/h5-12,20-22,27H,3-4,13-19H2,1-2H3. The molecule has 0 aromatic heterocycles. The summed E-state index contributed by atoms with van der Waals surface area (Å²) in [5, 5.41) is 0. The lowest BCUT2D eigenvalue weighted by atomic mass is 9.86. The summed E-state index contributed by atoms with van der Waals surface area (Å²) in [6.07, 6.45) is 3.96. The van der Waals surface area contributed by atoms with E-state index in [1.165, 1.54) is 22.3 Å². The first kappa shape index (κ1) is 23.1. The first-order valence-corrected chi connectivity index (χ1v) is 13.0. The summed E-state index contributed by atoms with van der Waals surface area (Å²) in [6, 6.07) is 17.1. The van der Waals surface area contributed by atoms with Gasteiger partial charge in [0.1, 0.15) is 12.4 Å². The molecule has 2 atom stereocenters. The smallest absolute Gasteiger partial charge is 0.410 e. The SMILES string of the molecule is CCN(CC)CCC(=O)C1CC2CCC(C1)N2C(=O)OCC1c2ccccc2-c2ccccc21. The quantitative estimate of drug-likeness (QED) is 0.523. The van der Waals surface area contributed by atoms with Gasteiger partial charge in [-0.3, -0.25) is 4.79 Å². The predicted molar refractivity (Wildman–Crippen MR) is 134 cm³/mol. The molecule has 2 bridgehead atoms. The maximum absolute atomic E-state index is 13.2. The Bertz CT molecular complexity index is 988. The van der Waals surface area contributed by atoms with E-state index in [4.69, 9.17) is 4.74 Å². The molecule has 0 radical (unpaired) electrons. The van der Waals surface area contributed by atoms with Gasteiger partial charge in [-0.1, -0.05) is 62.4 Å². The Morgan fingerprint density at radius 3 is 2.03 bits per heavy atom. The number of Topliss-reactive ketones (excluding diaryl/α,β-unsaturated/α-hetero) is 1. The maximum atomic E-state index is 13.2. The van der Waals surface area contributed by atoms with Crippen LogP contribution < -0.4 is 0 Å². The van der Waals surface area contributed by atoms with Crippen molar-refractivity contribution in [2.75, 3.05) is 26.2 Å². The average Bonchev–Trinajstić information content (AvgIpc) is 3.33. The Morgan fingerprint density at radius 2 is 1.47 bits per heavy atom. The third-order valence-corrected chi connectivity index (χ3v) is 8.30. The molecular formula is C29H36N2O3. The number of piperidine rings is 1. The van der Waals surface area contributed by atoms with E-state index in [9.17, 15) is 9.59 Å². The monoisotopic (exact) mass is 460 g/mol. The highest BCUT2D eigenvalue weighted by Gasteiger charge is 2.46. The lowest BCUT2D eigenvalue weighted by Gasteiger charge is -2.38. The van der Waals surface area contributed by atoms with Crippen LogP contribution in [0.4, 0.5) is 4.79 Å². The van der Waals surface area contributed by atoms with Gasteiger partial charge in [-0.25, -0.2) is 4.79 Å². The van der Waals surface area contributed by atoms with Crippen LogP contribution in [0, 0.1) is 5.92 Å². The Labute approximate surface area is 203 Å². The number of ketones is 1. The van der Waals surface area contributed by atoms with Crippen LogP contribution >= 0.6 is 0 Å². The van der Waals surface area contributed by atoms with E-state index in [2.05, 4.69) is 67.3 Å². The van der Waals surface area contributed by atoms with Gasteiger partial charge in [0.2, 0.25) is 0 Å². The maximum Gasteiger partial charge on any atom is 0.410 e. The predicted octanol–water partition coefficient (Wildman–Crippen LogP) is 5.48. The van der Waals surface area contributed by atoms with Crippen LogP contribution in [0.2, 0.25) is 0 Å². The minimum Gasteiger partial charge on any atom is -0.448 e. The highest BCUT2D eigenvalue weighted by molar-refractivity contribution is 5.82. The highest BCUT2D eigenvalue weighted by atomic mass is 16.6. The van der Waals surface area contributed by atoms with Crippen molar-refractivity contribution in [2.24, 2.45) is 5.92 Å². The first-order chi connectivity index (χ1) is 16.6. The number of nitrogens with zero attached hydrogens (tertiary/aromatic N) is 2. The highest BCUT2D eigenvalue weighted by Crippen LogP contribution is 2.45. The molecule has 2 unspecified atom stereocenters. The van der Waals surface area contributed by atoms with Crippen LogP contribution in [0.1, 0.15) is 63.0 Å². The van der Waals surface area contributed by atoms with Crippen molar-refractivity contribution >= 4 is 11.9 Å². The largest absolute Gasteiger partial charge is 0.448 e. The number of ether oxygens (including phenoxy) is 1. The van der Waals surface area contributed by atoms with E-state index in [1.54, 1.807) is 0 Å². The van der Waals surface area contributed by atoms with E-state index >= 15 is 0 Å². The fraction of sp³-hybridized carbons (Fsp3) is 0.517. The van der Waals surface area contributed by atoms with Crippen LogP contribution in [-0.2, 0) is 9.53 Å². The van der Waals surface area contributed by atoms with Crippen LogP contribution in [0.15, 0.2) is 48.5 Å². The second kappa shape index (κ2) is 9.91. The van der Waals surface area contributed by atoms with E-state index in [0.29, 0.717) is 18.8 Å². The molecule has 0 saturated carbocycles. The number of hydrogen-bond donors (Lipinski definition) is 0. The zero-order chi connectivity index (χ0) is 23.7. The Balaban J connectivity index is 1.21. The molecule has 2 aromatic rings. The van der Waals surface area contributed by atoms with Gasteiger partial charge in [-0.15, -0.1) is 0 Å². The molecular weight excluding hydrogens is 424 g/mol. The molecule has 3 aliphatic rings. The molecule has 2 aromatic carbocycles. The second-order valence-corrected chi connectivity index (χ2v) is 10.0. The Morgan fingerprint density at radius 1 is 0.912 bits per heavy atom. The molecule has 2 heterocycles. The molecule has 1 amide bonds. The van der Waals surface area contributed by atoms with Crippen molar-refractivity contribution in [3.8, 4) is 11.1 Å². The minimum absolute atomic E-state index is 0.0770. The van der Waals surface area contributed by atoms with Crippen LogP contribution in [0.25, 0.3) is 11.1 Å². The van der Waals surface area contributed by atoms with Gasteiger partial charge in [0, 0.05) is 36.9 Å². The third kappa shape index (κ3) is 4.26. The van der Waals surface area contributed by atoms with Gasteiger partial charge in [-0.05, 0) is 61.0 Å². The summed E-state index contributed by atoms with van der Waals surface area (Å²) in [6.45, 7) is 7.44. The molecule has 2 fully saturated rings. The molecule has 2 saturated heterocycles. The molecule has 0 N–H and O–H groups in total. The van der Waals surface area contributed by atoms with Crippen LogP contribution in [-0.4, -0.2) is 60.0 Å². The molecule has 5 nitrogen and oxygen atoms in total. The normalized spacial score (nSPS) is 23.1. The van der Waals surface area contributed by atoms with Gasteiger partial charge in [0.05, 0.1) is 0 Å². The fourth-order valence-corrected chi connectivity index (χ4v) is 6.42. The molecule has 34 heavy (non-hydrogen) atoms. The number of fused-ring (bicyclic) bond motifs is 5. The van der Waals surface area contributed by atoms with Crippen LogP contribution in [0.3, 0.4) is 0 Å². The lowest BCUT2D eigenvalue weighted by molar-refractivity contribution is -0.125. The number of amides is 1. The van der Waals surface area contributed by atoms with Crippen molar-refractivity contribution < 1.29 is 14.3 Å². The number of rotatable bonds is 8. The van der Waals surface area contributed by atoms with E-state index in [-0.39, 0.29) is 30.0 Å². The molecule has 180 valence electrons. The summed E-state index contributed by atoms with van der Waals surface area (Å²) in [5.74, 6) is 0.537. The molecule has 5 rings (SSSR count). The summed E-state index contributed by atoms with van der Waals surface area (Å²) in [5.41, 5.74) is 4.94. The van der Waals surface area contributed by atoms with Gasteiger partial charge >= 0.3 is 6.09 Å². The van der Waals surface area contributed by atoms with E-state index in [0.717, 1.165) is 45.3 Å². The zero-order valence-electron chi connectivity index (χ0n) is 20.4. The Hall–Kier alpha value is -2.66. The van der Waals surface area contributed by atoms with Gasteiger partial charge < -0.3 is 14.5 Å². The van der Waals surface area contributed by atoms with Crippen LogP contribution in [0.5, 0.6) is 0 Å². The second-order valence-electron chi connectivity index (χ2n) is 10.0. The molecule has 2 aliphatic heterocycles. The Kier molecular flexibility index (Phi) is 6.73. The van der Waals surface area contributed by atoms with Gasteiger partial charge in [0.25, 0.3) is 0 Å². The molecule has 1 aliphatic carbocycles. The summed E-state index contributed by atoms with van der Waals surface area (Å²) in [7, 11) is 0. The lowest BCUT2D eigenvalue weighted by Crippen LogP contribution is -2.48. The van der Waals surface area contributed by atoms with Crippen molar-refractivity contribution in [2.45, 2.75) is 64.0 Å². The van der Waals surface area contributed by atoms with Crippen molar-refractivity contribution in [1.29, 1.82) is 0 Å². The zero-order valence-corrected chi connectivity index (χ0v) is 20.4. The number of carbonyl (C=O) groups excluding carboxylic acids is 2. The van der Waals surface area contributed by atoms with E-state index < -0.39 is 0 Å². The van der Waals surface area contributed by atoms with Crippen molar-refractivity contribution in [3.05, 3.63) is 59.7 Å². The molecule has 5 heteroatoms.